The Hall–Kier alpha value is -0.520. The maximum absolute atomic E-state index is 2.40. The van der Waals surface area contributed by atoms with Crippen molar-refractivity contribution < 1.29 is 0 Å². The molecule has 2 saturated carbocycles. The molecule has 0 aromatic carbocycles. The lowest BCUT2D eigenvalue weighted by Crippen LogP contribution is -2.01. The largest absolute Gasteiger partial charge is 0.0660 e. The molecule has 0 nitrogen and oxygen atoms in total. The van der Waals surface area contributed by atoms with Crippen molar-refractivity contribution in [2.24, 2.45) is 5.92 Å². The molecule has 2 fully saturated rings. The predicted molar refractivity (Wildman–Crippen MR) is 46.3 cm³/mol. The summed E-state index contributed by atoms with van der Waals surface area (Å²) < 4.78 is 0. The molecule has 0 heterocycles. The molecular formula is C11H14. The van der Waals surface area contributed by atoms with Crippen LogP contribution in [-0.4, -0.2) is 0 Å². The van der Waals surface area contributed by atoms with Gasteiger partial charge < -0.3 is 0 Å². The number of rotatable bonds is 0. The van der Waals surface area contributed by atoms with Crippen LogP contribution in [0, 0.1) is 5.92 Å². The van der Waals surface area contributed by atoms with Gasteiger partial charge in [-0.1, -0.05) is 29.2 Å². The van der Waals surface area contributed by atoms with Crippen molar-refractivity contribution >= 4 is 0 Å². The van der Waals surface area contributed by atoms with Gasteiger partial charge >= 0.3 is 0 Å². The smallest absolute Gasteiger partial charge is 0.00156 e. The van der Waals surface area contributed by atoms with E-state index in [0.29, 0.717) is 0 Å². The zero-order chi connectivity index (χ0) is 7.42. The molecule has 0 aromatic rings. The van der Waals surface area contributed by atoms with Crippen molar-refractivity contribution in [3.63, 3.8) is 0 Å². The first-order valence-corrected chi connectivity index (χ1v) is 4.78. The summed E-state index contributed by atoms with van der Waals surface area (Å²) in [6, 6.07) is 0. The Morgan fingerprint density at radius 2 is 1.45 bits per heavy atom. The summed E-state index contributed by atoms with van der Waals surface area (Å²) in [5.41, 5.74) is 7.27. The van der Waals surface area contributed by atoms with Crippen LogP contribution in [0.25, 0.3) is 0 Å². The Kier molecular flexibility index (Phi) is 0.988. The molecule has 0 aromatic heterocycles. The minimum Gasteiger partial charge on any atom is -0.0660 e. The molecule has 0 atom stereocenters. The van der Waals surface area contributed by atoms with Gasteiger partial charge in [0.1, 0.15) is 0 Å². The van der Waals surface area contributed by atoms with Crippen LogP contribution in [0.15, 0.2) is 22.3 Å². The SMILES string of the molecule is CC1C2=C3CCC(=C1CC2)C3. The summed E-state index contributed by atoms with van der Waals surface area (Å²) in [7, 11) is 0. The summed E-state index contributed by atoms with van der Waals surface area (Å²) in [5, 5.41) is 0. The van der Waals surface area contributed by atoms with E-state index in [-0.39, 0.29) is 0 Å². The van der Waals surface area contributed by atoms with E-state index in [1.54, 1.807) is 0 Å². The van der Waals surface area contributed by atoms with Gasteiger partial charge in [0.2, 0.25) is 0 Å². The Morgan fingerprint density at radius 3 is 2.00 bits per heavy atom. The second-order valence-corrected chi connectivity index (χ2v) is 4.16. The van der Waals surface area contributed by atoms with Crippen LogP contribution in [0.3, 0.4) is 0 Å². The van der Waals surface area contributed by atoms with Crippen LogP contribution in [0.5, 0.6) is 0 Å². The molecule has 3 aliphatic carbocycles. The standard InChI is InChI=1S/C11H14/c1-7-10-4-5-11(7)9-3-2-8(10)6-9/h7H,2-6H2,1H3. The van der Waals surface area contributed by atoms with Crippen molar-refractivity contribution in [3.05, 3.63) is 22.3 Å². The summed E-state index contributed by atoms with van der Waals surface area (Å²) in [4.78, 5) is 0. The molecule has 0 unspecified atom stereocenters. The summed E-state index contributed by atoms with van der Waals surface area (Å²) in [6.07, 6.45) is 6.97. The molecule has 3 aliphatic rings. The van der Waals surface area contributed by atoms with Crippen LogP contribution in [-0.2, 0) is 0 Å². The minimum atomic E-state index is 0.858. The molecule has 0 amide bonds. The van der Waals surface area contributed by atoms with Crippen molar-refractivity contribution in [2.75, 3.05) is 0 Å². The number of hydrogen-bond acceptors (Lipinski definition) is 0. The van der Waals surface area contributed by atoms with E-state index in [1.165, 1.54) is 32.1 Å². The lowest BCUT2D eigenvalue weighted by atomic mass is 9.89. The maximum atomic E-state index is 2.40. The van der Waals surface area contributed by atoms with Gasteiger partial charge in [-0.2, -0.15) is 0 Å². The first kappa shape index (κ1) is 6.05. The van der Waals surface area contributed by atoms with Crippen LogP contribution < -0.4 is 0 Å². The highest BCUT2D eigenvalue weighted by Gasteiger charge is 2.34. The molecule has 0 radical (unpaired) electrons. The fourth-order valence-corrected chi connectivity index (χ4v) is 3.16. The first-order valence-electron chi connectivity index (χ1n) is 4.78. The second-order valence-electron chi connectivity index (χ2n) is 4.16. The van der Waals surface area contributed by atoms with Gasteiger partial charge in [-0.15, -0.1) is 0 Å². The van der Waals surface area contributed by atoms with E-state index in [4.69, 9.17) is 0 Å². The molecular weight excluding hydrogens is 132 g/mol. The first-order chi connectivity index (χ1) is 5.36. The van der Waals surface area contributed by atoms with Crippen molar-refractivity contribution in [1.82, 2.24) is 0 Å². The van der Waals surface area contributed by atoms with Gasteiger partial charge in [-0.3, -0.25) is 0 Å². The molecule has 0 heteroatoms. The molecule has 0 saturated heterocycles. The fourth-order valence-electron chi connectivity index (χ4n) is 3.16. The molecule has 58 valence electrons. The topological polar surface area (TPSA) is 0 Å². The lowest BCUT2D eigenvalue weighted by Gasteiger charge is -2.16. The van der Waals surface area contributed by atoms with Gasteiger partial charge in [0.15, 0.2) is 0 Å². The van der Waals surface area contributed by atoms with Gasteiger partial charge in [0.05, 0.1) is 0 Å². The predicted octanol–water partition coefficient (Wildman–Crippen LogP) is 3.21. The third-order valence-corrected chi connectivity index (χ3v) is 3.77. The molecule has 0 spiro atoms. The van der Waals surface area contributed by atoms with Crippen LogP contribution in [0.2, 0.25) is 0 Å². The average Bonchev–Trinajstić information content (AvgIpc) is 2.42. The maximum Gasteiger partial charge on any atom is -0.00156 e. The molecule has 11 heavy (non-hydrogen) atoms. The molecule has 0 aliphatic heterocycles. The van der Waals surface area contributed by atoms with E-state index in [0.717, 1.165) is 5.92 Å². The Balaban J connectivity index is 2.25. The van der Waals surface area contributed by atoms with E-state index < -0.39 is 0 Å². The average molecular weight is 146 g/mol. The molecule has 4 bridgehead atoms. The zero-order valence-electron chi connectivity index (χ0n) is 7.11. The van der Waals surface area contributed by atoms with E-state index >= 15 is 0 Å². The van der Waals surface area contributed by atoms with Gasteiger partial charge in [0.25, 0.3) is 0 Å². The molecule has 0 N–H and O–H groups in total. The van der Waals surface area contributed by atoms with E-state index in [2.05, 4.69) is 6.92 Å². The second kappa shape index (κ2) is 1.80. The normalized spacial score (nSPS) is 29.2. The third-order valence-electron chi connectivity index (χ3n) is 3.77. The number of fused-ring (bicyclic) bond motifs is 4. The lowest BCUT2D eigenvalue weighted by molar-refractivity contribution is 0.802. The van der Waals surface area contributed by atoms with E-state index in [9.17, 15) is 0 Å². The van der Waals surface area contributed by atoms with Crippen molar-refractivity contribution in [3.8, 4) is 0 Å². The summed E-state index contributed by atoms with van der Waals surface area (Å²) in [5.74, 6) is 0.858. The Morgan fingerprint density at radius 1 is 0.909 bits per heavy atom. The minimum absolute atomic E-state index is 0.858. The van der Waals surface area contributed by atoms with Crippen LogP contribution in [0.1, 0.15) is 39.0 Å². The summed E-state index contributed by atoms with van der Waals surface area (Å²) in [6.45, 7) is 2.40. The van der Waals surface area contributed by atoms with Gasteiger partial charge in [-0.25, -0.2) is 0 Å². The van der Waals surface area contributed by atoms with Crippen molar-refractivity contribution in [1.29, 1.82) is 0 Å². The number of hydrogen-bond donors (Lipinski definition) is 0. The van der Waals surface area contributed by atoms with Gasteiger partial charge in [-0.05, 0) is 38.0 Å². The highest BCUT2D eigenvalue weighted by molar-refractivity contribution is 5.45. The van der Waals surface area contributed by atoms with Crippen molar-refractivity contribution in [2.45, 2.75) is 39.0 Å². The number of allylic oxidation sites excluding steroid dienone is 4. The van der Waals surface area contributed by atoms with Gasteiger partial charge in [0, 0.05) is 0 Å². The van der Waals surface area contributed by atoms with Crippen LogP contribution in [0.4, 0.5) is 0 Å². The summed E-state index contributed by atoms with van der Waals surface area (Å²) >= 11 is 0. The Bertz CT molecular complexity index is 250. The quantitative estimate of drug-likeness (QED) is 0.460. The fraction of sp³-hybridized carbons (Fsp3) is 0.636. The Labute approximate surface area is 68.0 Å². The highest BCUT2D eigenvalue weighted by Crippen LogP contribution is 2.51. The van der Waals surface area contributed by atoms with Crippen LogP contribution >= 0.6 is 0 Å². The highest BCUT2D eigenvalue weighted by atomic mass is 14.4. The monoisotopic (exact) mass is 146 g/mol. The third kappa shape index (κ3) is 0.610. The molecule has 3 rings (SSSR count). The zero-order valence-corrected chi connectivity index (χ0v) is 7.11. The van der Waals surface area contributed by atoms with E-state index in [1.807, 2.05) is 22.3 Å².